The molecular weight excluding hydrogens is 254 g/mol. The number of nitrogens with zero attached hydrogens (tertiary/aromatic N) is 2. The van der Waals surface area contributed by atoms with Crippen molar-refractivity contribution < 1.29 is 9.53 Å². The fourth-order valence-corrected chi connectivity index (χ4v) is 2.25. The molecule has 0 spiro atoms. The molecule has 0 radical (unpaired) electrons. The molecule has 110 valence electrons. The maximum absolute atomic E-state index is 12.6. The first-order chi connectivity index (χ1) is 9.47. The summed E-state index contributed by atoms with van der Waals surface area (Å²) in [5.74, 6) is 0.610. The summed E-state index contributed by atoms with van der Waals surface area (Å²) in [6, 6.07) is 5.25. The number of piperazine rings is 1. The van der Waals surface area contributed by atoms with Crippen LogP contribution in [0.1, 0.15) is 24.2 Å². The zero-order valence-corrected chi connectivity index (χ0v) is 12.4. The van der Waals surface area contributed by atoms with Gasteiger partial charge in [-0.3, -0.25) is 4.79 Å². The lowest BCUT2D eigenvalue weighted by atomic mass is 10.1. The van der Waals surface area contributed by atoms with E-state index in [1.807, 2.05) is 18.7 Å². The Bertz CT molecular complexity index is 480. The topological polar surface area (TPSA) is 58.8 Å². The second-order valence-electron chi connectivity index (χ2n) is 5.52. The minimum absolute atomic E-state index is 0.000972. The summed E-state index contributed by atoms with van der Waals surface area (Å²) in [5.41, 5.74) is 6.95. The normalized spacial score (nSPS) is 16.5. The van der Waals surface area contributed by atoms with Crippen LogP contribution in [0.15, 0.2) is 18.2 Å². The lowest BCUT2D eigenvalue weighted by molar-refractivity contribution is 0.0658. The van der Waals surface area contributed by atoms with Gasteiger partial charge in [0.25, 0.3) is 5.91 Å². The molecule has 1 fully saturated rings. The van der Waals surface area contributed by atoms with Gasteiger partial charge in [0.1, 0.15) is 5.75 Å². The molecular formula is C15H23N3O2. The molecule has 5 heteroatoms. The van der Waals surface area contributed by atoms with E-state index in [0.29, 0.717) is 17.0 Å². The Balaban J connectivity index is 2.21. The fraction of sp³-hybridized carbons (Fsp3) is 0.533. The van der Waals surface area contributed by atoms with Crippen LogP contribution in [-0.4, -0.2) is 55.0 Å². The van der Waals surface area contributed by atoms with Crippen molar-refractivity contribution in [1.82, 2.24) is 9.80 Å². The fourth-order valence-electron chi connectivity index (χ4n) is 2.25. The minimum Gasteiger partial charge on any atom is -0.490 e. The first-order valence-corrected chi connectivity index (χ1v) is 7.01. The molecule has 1 aromatic carbocycles. The lowest BCUT2D eigenvalue weighted by Gasteiger charge is -2.32. The molecule has 0 bridgehead atoms. The van der Waals surface area contributed by atoms with E-state index in [9.17, 15) is 4.79 Å². The smallest absolute Gasteiger partial charge is 0.257 e. The number of rotatable bonds is 3. The molecule has 1 heterocycles. The van der Waals surface area contributed by atoms with Crippen LogP contribution in [-0.2, 0) is 0 Å². The molecule has 1 aliphatic rings. The molecule has 2 rings (SSSR count). The van der Waals surface area contributed by atoms with Crippen LogP contribution in [0.5, 0.6) is 5.75 Å². The van der Waals surface area contributed by atoms with Crippen LogP contribution in [0.2, 0.25) is 0 Å². The highest BCUT2D eigenvalue weighted by Crippen LogP contribution is 2.24. The summed E-state index contributed by atoms with van der Waals surface area (Å²) in [5, 5.41) is 0. The highest BCUT2D eigenvalue weighted by Gasteiger charge is 2.23. The highest BCUT2D eigenvalue weighted by atomic mass is 16.5. The van der Waals surface area contributed by atoms with Crippen LogP contribution in [0.3, 0.4) is 0 Å². The van der Waals surface area contributed by atoms with Crippen molar-refractivity contribution in [3.8, 4) is 5.75 Å². The van der Waals surface area contributed by atoms with Crippen molar-refractivity contribution in [3.63, 3.8) is 0 Å². The molecule has 20 heavy (non-hydrogen) atoms. The number of hydrogen-bond donors (Lipinski definition) is 1. The summed E-state index contributed by atoms with van der Waals surface area (Å²) in [6.45, 7) is 7.17. The molecule has 0 atom stereocenters. The Labute approximate surface area is 120 Å². The van der Waals surface area contributed by atoms with Gasteiger partial charge in [-0.15, -0.1) is 0 Å². The third-order valence-electron chi connectivity index (χ3n) is 3.39. The van der Waals surface area contributed by atoms with E-state index in [2.05, 4.69) is 11.9 Å². The Morgan fingerprint density at radius 1 is 1.25 bits per heavy atom. The Hall–Kier alpha value is -1.75. The molecule has 0 saturated carbocycles. The number of likely N-dealkylation sites (N-methyl/N-ethyl adjacent to an activating group) is 1. The molecule has 1 aliphatic heterocycles. The summed E-state index contributed by atoms with van der Waals surface area (Å²) < 4.78 is 5.72. The molecule has 1 saturated heterocycles. The van der Waals surface area contributed by atoms with E-state index in [1.165, 1.54) is 0 Å². The van der Waals surface area contributed by atoms with Gasteiger partial charge in [0.15, 0.2) is 0 Å². The van der Waals surface area contributed by atoms with Gasteiger partial charge in [0, 0.05) is 31.9 Å². The van der Waals surface area contributed by atoms with Gasteiger partial charge in [-0.1, -0.05) is 0 Å². The Kier molecular flexibility index (Phi) is 4.49. The van der Waals surface area contributed by atoms with E-state index in [0.717, 1.165) is 26.2 Å². The third kappa shape index (κ3) is 3.42. The van der Waals surface area contributed by atoms with Crippen molar-refractivity contribution in [2.45, 2.75) is 20.0 Å². The first-order valence-electron chi connectivity index (χ1n) is 7.01. The summed E-state index contributed by atoms with van der Waals surface area (Å²) in [4.78, 5) is 16.7. The van der Waals surface area contributed by atoms with Gasteiger partial charge in [0.2, 0.25) is 0 Å². The Morgan fingerprint density at radius 3 is 2.50 bits per heavy atom. The third-order valence-corrected chi connectivity index (χ3v) is 3.39. The summed E-state index contributed by atoms with van der Waals surface area (Å²) in [7, 11) is 2.07. The zero-order valence-electron chi connectivity index (χ0n) is 12.4. The van der Waals surface area contributed by atoms with Crippen LogP contribution >= 0.6 is 0 Å². The number of benzene rings is 1. The number of carbonyl (C=O) groups is 1. The quantitative estimate of drug-likeness (QED) is 0.849. The van der Waals surface area contributed by atoms with E-state index < -0.39 is 0 Å². The molecule has 2 N–H and O–H groups in total. The number of carbonyl (C=O) groups excluding carboxylic acids is 1. The average molecular weight is 277 g/mol. The largest absolute Gasteiger partial charge is 0.490 e. The van der Waals surface area contributed by atoms with Crippen LogP contribution in [0.25, 0.3) is 0 Å². The summed E-state index contributed by atoms with van der Waals surface area (Å²) >= 11 is 0. The molecule has 0 aliphatic carbocycles. The predicted octanol–water partition coefficient (Wildman–Crippen LogP) is 1.44. The SMILES string of the molecule is CC(C)Oc1ccc(N)cc1C(=O)N1CCN(C)CC1. The van der Waals surface area contributed by atoms with Gasteiger partial charge in [-0.25, -0.2) is 0 Å². The molecule has 1 aromatic rings. The van der Waals surface area contributed by atoms with Crippen molar-refractivity contribution in [3.05, 3.63) is 23.8 Å². The van der Waals surface area contributed by atoms with E-state index in [-0.39, 0.29) is 12.0 Å². The number of ether oxygens (including phenoxy) is 1. The molecule has 0 unspecified atom stereocenters. The second kappa shape index (κ2) is 6.13. The Morgan fingerprint density at radius 2 is 1.90 bits per heavy atom. The van der Waals surface area contributed by atoms with Gasteiger partial charge in [-0.2, -0.15) is 0 Å². The van der Waals surface area contributed by atoms with Crippen molar-refractivity contribution >= 4 is 11.6 Å². The summed E-state index contributed by atoms with van der Waals surface area (Å²) in [6.07, 6.45) is 0.0256. The maximum Gasteiger partial charge on any atom is 0.257 e. The molecule has 1 amide bonds. The number of anilines is 1. The number of amides is 1. The van der Waals surface area contributed by atoms with E-state index >= 15 is 0 Å². The number of hydrogen-bond acceptors (Lipinski definition) is 4. The standard InChI is InChI=1S/C15H23N3O2/c1-11(2)20-14-5-4-12(16)10-13(14)15(19)18-8-6-17(3)7-9-18/h4-5,10-11H,6-9,16H2,1-3H3. The highest BCUT2D eigenvalue weighted by molar-refractivity contribution is 5.98. The second-order valence-corrected chi connectivity index (χ2v) is 5.52. The van der Waals surface area contributed by atoms with Gasteiger partial charge in [0.05, 0.1) is 11.7 Å². The van der Waals surface area contributed by atoms with Crippen LogP contribution < -0.4 is 10.5 Å². The number of nitrogen functional groups attached to an aromatic ring is 1. The molecule has 5 nitrogen and oxygen atoms in total. The van der Waals surface area contributed by atoms with Crippen LogP contribution in [0, 0.1) is 0 Å². The monoisotopic (exact) mass is 277 g/mol. The van der Waals surface area contributed by atoms with Crippen molar-refractivity contribution in [1.29, 1.82) is 0 Å². The lowest BCUT2D eigenvalue weighted by Crippen LogP contribution is -2.47. The zero-order chi connectivity index (χ0) is 14.7. The average Bonchev–Trinajstić information content (AvgIpc) is 2.40. The minimum atomic E-state index is 0.000972. The predicted molar refractivity (Wildman–Crippen MR) is 80.0 cm³/mol. The number of nitrogens with two attached hydrogens (primary N) is 1. The van der Waals surface area contributed by atoms with Gasteiger partial charge >= 0.3 is 0 Å². The van der Waals surface area contributed by atoms with Gasteiger partial charge < -0.3 is 20.3 Å². The van der Waals surface area contributed by atoms with E-state index in [4.69, 9.17) is 10.5 Å². The van der Waals surface area contributed by atoms with E-state index in [1.54, 1.807) is 18.2 Å². The maximum atomic E-state index is 12.6. The first kappa shape index (κ1) is 14.7. The van der Waals surface area contributed by atoms with Crippen molar-refractivity contribution in [2.75, 3.05) is 39.0 Å². The molecule has 0 aromatic heterocycles. The van der Waals surface area contributed by atoms with Crippen molar-refractivity contribution in [2.24, 2.45) is 0 Å². The van der Waals surface area contributed by atoms with Gasteiger partial charge in [-0.05, 0) is 39.1 Å². The van der Waals surface area contributed by atoms with Crippen LogP contribution in [0.4, 0.5) is 5.69 Å².